The minimum Gasteiger partial charge on any atom is -0.383 e. The summed E-state index contributed by atoms with van der Waals surface area (Å²) in [4.78, 5) is 5.03. The molecule has 1 aromatic heterocycles. The van der Waals surface area contributed by atoms with Crippen LogP contribution in [0.5, 0.6) is 0 Å². The maximum absolute atomic E-state index is 13.0. The SMILES string of the molecule is Cc1nc(C)c(C(O)c2cccc(F)c2)s1. The van der Waals surface area contributed by atoms with Gasteiger partial charge in [0.05, 0.1) is 15.6 Å². The van der Waals surface area contributed by atoms with Gasteiger partial charge in [-0.2, -0.15) is 0 Å². The van der Waals surface area contributed by atoms with Gasteiger partial charge in [0.1, 0.15) is 11.9 Å². The minimum absolute atomic E-state index is 0.338. The summed E-state index contributed by atoms with van der Waals surface area (Å²) in [6.07, 6.45) is -0.790. The second kappa shape index (κ2) is 4.31. The molecule has 0 saturated carbocycles. The van der Waals surface area contributed by atoms with Crippen LogP contribution in [0.25, 0.3) is 0 Å². The Balaban J connectivity index is 2.38. The third-order valence-corrected chi connectivity index (χ3v) is 3.48. The molecule has 1 N–H and O–H groups in total. The normalized spacial score (nSPS) is 12.8. The van der Waals surface area contributed by atoms with E-state index in [2.05, 4.69) is 4.98 Å². The predicted molar refractivity (Wildman–Crippen MR) is 62.0 cm³/mol. The molecule has 0 aliphatic carbocycles. The van der Waals surface area contributed by atoms with E-state index in [0.29, 0.717) is 5.56 Å². The zero-order valence-corrected chi connectivity index (χ0v) is 9.88. The van der Waals surface area contributed by atoms with Gasteiger partial charge in [0, 0.05) is 0 Å². The third kappa shape index (κ3) is 2.13. The van der Waals surface area contributed by atoms with Crippen LogP contribution in [0.4, 0.5) is 4.39 Å². The second-order valence-corrected chi connectivity index (χ2v) is 4.87. The van der Waals surface area contributed by atoms with Crippen molar-refractivity contribution in [1.82, 2.24) is 4.98 Å². The molecule has 1 unspecified atom stereocenters. The Kier molecular flexibility index (Phi) is 3.03. The van der Waals surface area contributed by atoms with E-state index in [9.17, 15) is 9.50 Å². The van der Waals surface area contributed by atoms with Crippen molar-refractivity contribution in [2.75, 3.05) is 0 Å². The van der Waals surface area contributed by atoms with E-state index < -0.39 is 6.10 Å². The van der Waals surface area contributed by atoms with Crippen LogP contribution < -0.4 is 0 Å². The van der Waals surface area contributed by atoms with Gasteiger partial charge in [-0.3, -0.25) is 0 Å². The van der Waals surface area contributed by atoms with E-state index in [1.54, 1.807) is 12.1 Å². The highest BCUT2D eigenvalue weighted by atomic mass is 32.1. The zero-order chi connectivity index (χ0) is 11.7. The molecule has 16 heavy (non-hydrogen) atoms. The number of rotatable bonds is 2. The minimum atomic E-state index is -0.790. The molecule has 2 nitrogen and oxygen atoms in total. The monoisotopic (exact) mass is 237 g/mol. The van der Waals surface area contributed by atoms with Crippen molar-refractivity contribution >= 4 is 11.3 Å². The number of aryl methyl sites for hydroxylation is 2. The first kappa shape index (κ1) is 11.2. The molecule has 2 aromatic rings. The van der Waals surface area contributed by atoms with Crippen LogP contribution in [0.3, 0.4) is 0 Å². The number of nitrogens with zero attached hydrogens (tertiary/aromatic N) is 1. The predicted octanol–water partition coefficient (Wildman–Crippen LogP) is 2.98. The van der Waals surface area contributed by atoms with Gasteiger partial charge in [-0.1, -0.05) is 12.1 Å². The lowest BCUT2D eigenvalue weighted by atomic mass is 10.1. The average molecular weight is 237 g/mol. The summed E-state index contributed by atoms with van der Waals surface area (Å²) < 4.78 is 13.0. The lowest BCUT2D eigenvalue weighted by molar-refractivity contribution is 0.222. The van der Waals surface area contributed by atoms with Crippen molar-refractivity contribution in [1.29, 1.82) is 0 Å². The lowest BCUT2D eigenvalue weighted by Crippen LogP contribution is -1.99. The number of hydrogen-bond donors (Lipinski definition) is 1. The summed E-state index contributed by atoms with van der Waals surface area (Å²) in [5, 5.41) is 11.0. The van der Waals surface area contributed by atoms with Gasteiger partial charge >= 0.3 is 0 Å². The fraction of sp³-hybridized carbons (Fsp3) is 0.250. The molecule has 0 bridgehead atoms. The molecule has 2 rings (SSSR count). The van der Waals surface area contributed by atoms with E-state index in [1.807, 2.05) is 13.8 Å². The first-order valence-electron chi connectivity index (χ1n) is 4.95. The van der Waals surface area contributed by atoms with Crippen molar-refractivity contribution in [3.63, 3.8) is 0 Å². The molecule has 0 amide bonds. The topological polar surface area (TPSA) is 33.1 Å². The Labute approximate surface area is 97.4 Å². The molecule has 0 spiro atoms. The van der Waals surface area contributed by atoms with Gasteiger partial charge in [0.15, 0.2) is 0 Å². The van der Waals surface area contributed by atoms with Gasteiger partial charge in [-0.05, 0) is 31.5 Å². The van der Waals surface area contributed by atoms with Crippen LogP contribution in [0, 0.1) is 19.7 Å². The van der Waals surface area contributed by atoms with Crippen LogP contribution in [-0.4, -0.2) is 10.1 Å². The van der Waals surface area contributed by atoms with E-state index in [0.717, 1.165) is 15.6 Å². The summed E-state index contributed by atoms with van der Waals surface area (Å²) in [7, 11) is 0. The van der Waals surface area contributed by atoms with Crippen LogP contribution >= 0.6 is 11.3 Å². The molecule has 0 fully saturated rings. The summed E-state index contributed by atoms with van der Waals surface area (Å²) >= 11 is 1.44. The number of thiazole rings is 1. The van der Waals surface area contributed by atoms with Crippen LogP contribution in [0.1, 0.15) is 27.2 Å². The Morgan fingerprint density at radius 2 is 2.12 bits per heavy atom. The third-order valence-electron chi connectivity index (χ3n) is 2.35. The highest BCUT2D eigenvalue weighted by Gasteiger charge is 2.16. The van der Waals surface area contributed by atoms with Gasteiger partial charge in [-0.15, -0.1) is 11.3 Å². The Hall–Kier alpha value is -1.26. The van der Waals surface area contributed by atoms with Crippen molar-refractivity contribution < 1.29 is 9.50 Å². The quantitative estimate of drug-likeness (QED) is 0.871. The van der Waals surface area contributed by atoms with Gasteiger partial charge in [-0.25, -0.2) is 9.37 Å². The molecular weight excluding hydrogens is 225 g/mol. The molecule has 1 atom stereocenters. The van der Waals surface area contributed by atoms with E-state index in [1.165, 1.54) is 23.5 Å². The number of aromatic nitrogens is 1. The number of hydrogen-bond acceptors (Lipinski definition) is 3. The van der Waals surface area contributed by atoms with E-state index in [4.69, 9.17) is 0 Å². The molecule has 0 aliphatic rings. The van der Waals surface area contributed by atoms with E-state index in [-0.39, 0.29) is 5.82 Å². The molecule has 0 radical (unpaired) electrons. The number of aliphatic hydroxyl groups is 1. The average Bonchev–Trinajstić information content (AvgIpc) is 2.57. The smallest absolute Gasteiger partial charge is 0.123 e. The fourth-order valence-electron chi connectivity index (χ4n) is 1.63. The highest BCUT2D eigenvalue weighted by molar-refractivity contribution is 7.11. The van der Waals surface area contributed by atoms with Crippen molar-refractivity contribution in [3.05, 3.63) is 51.2 Å². The Morgan fingerprint density at radius 1 is 1.38 bits per heavy atom. The summed E-state index contributed by atoms with van der Waals surface area (Å²) in [6, 6.07) is 6.01. The molecule has 1 heterocycles. The van der Waals surface area contributed by atoms with Crippen molar-refractivity contribution in [2.24, 2.45) is 0 Å². The molecule has 0 saturated heterocycles. The molecular formula is C12H12FNOS. The van der Waals surface area contributed by atoms with Gasteiger partial charge < -0.3 is 5.11 Å². The van der Waals surface area contributed by atoms with Crippen LogP contribution in [-0.2, 0) is 0 Å². The van der Waals surface area contributed by atoms with Crippen LogP contribution in [0.15, 0.2) is 24.3 Å². The maximum atomic E-state index is 13.0. The van der Waals surface area contributed by atoms with Crippen molar-refractivity contribution in [3.8, 4) is 0 Å². The molecule has 4 heteroatoms. The van der Waals surface area contributed by atoms with Crippen LogP contribution in [0.2, 0.25) is 0 Å². The Morgan fingerprint density at radius 3 is 2.69 bits per heavy atom. The lowest BCUT2D eigenvalue weighted by Gasteiger charge is -2.09. The van der Waals surface area contributed by atoms with Gasteiger partial charge in [0.25, 0.3) is 0 Å². The first-order valence-corrected chi connectivity index (χ1v) is 5.77. The summed E-state index contributed by atoms with van der Waals surface area (Å²) in [5.41, 5.74) is 1.37. The largest absolute Gasteiger partial charge is 0.383 e. The number of aliphatic hydroxyl groups excluding tert-OH is 1. The highest BCUT2D eigenvalue weighted by Crippen LogP contribution is 2.29. The van der Waals surface area contributed by atoms with Crippen molar-refractivity contribution in [2.45, 2.75) is 20.0 Å². The summed E-state index contributed by atoms with van der Waals surface area (Å²) in [5.74, 6) is -0.338. The first-order chi connectivity index (χ1) is 7.58. The maximum Gasteiger partial charge on any atom is 0.123 e. The number of halogens is 1. The van der Waals surface area contributed by atoms with E-state index >= 15 is 0 Å². The fourth-order valence-corrected chi connectivity index (χ4v) is 2.57. The standard InChI is InChI=1S/C12H12FNOS/c1-7-12(16-8(2)14-7)11(15)9-4-3-5-10(13)6-9/h3-6,11,15H,1-2H3. The molecule has 0 aliphatic heterocycles. The molecule has 1 aromatic carbocycles. The molecule has 84 valence electrons. The zero-order valence-electron chi connectivity index (χ0n) is 9.07. The second-order valence-electron chi connectivity index (χ2n) is 3.64. The summed E-state index contributed by atoms with van der Waals surface area (Å²) in [6.45, 7) is 3.74. The number of benzene rings is 1. The van der Waals surface area contributed by atoms with Gasteiger partial charge in [0.2, 0.25) is 0 Å². The Bertz CT molecular complexity index is 509.